The zero-order chi connectivity index (χ0) is 23.0. The Hall–Kier alpha value is -3.44. The average molecular weight is 443 g/mol. The monoisotopic (exact) mass is 442 g/mol. The van der Waals surface area contributed by atoms with Crippen LogP contribution in [0.1, 0.15) is 57.2 Å². The number of benzene rings is 3. The van der Waals surface area contributed by atoms with Gasteiger partial charge in [0.15, 0.2) is 0 Å². The van der Waals surface area contributed by atoms with Crippen LogP contribution in [0.2, 0.25) is 0 Å². The molecule has 3 aromatic carbocycles. The number of rotatable bonds is 8. The zero-order valence-electron chi connectivity index (χ0n) is 19.2. The van der Waals surface area contributed by atoms with Crippen molar-refractivity contribution in [3.05, 3.63) is 101 Å². The molecule has 0 aromatic heterocycles. The van der Waals surface area contributed by atoms with Crippen LogP contribution in [0, 0.1) is 0 Å². The van der Waals surface area contributed by atoms with Gasteiger partial charge in [0.2, 0.25) is 0 Å². The molecule has 1 atom stereocenters. The summed E-state index contributed by atoms with van der Waals surface area (Å²) >= 11 is 0. The van der Waals surface area contributed by atoms with Crippen LogP contribution in [-0.4, -0.2) is 24.9 Å². The highest BCUT2D eigenvalue weighted by Gasteiger charge is 2.19. The van der Waals surface area contributed by atoms with Crippen molar-refractivity contribution >= 4 is 17.5 Å². The number of carbonyl (C=O) groups is 2. The summed E-state index contributed by atoms with van der Waals surface area (Å²) < 4.78 is 0. The van der Waals surface area contributed by atoms with Gasteiger partial charge in [0.25, 0.3) is 11.8 Å². The topological polar surface area (TPSA) is 62.6 Å². The van der Waals surface area contributed by atoms with Gasteiger partial charge >= 0.3 is 0 Å². The SMILES string of the molecule is CCCCNC(=O)c1ccccc1NC(=O)c1ccc(C[NH+]2CCc3ccccc3C2)cc1. The summed E-state index contributed by atoms with van der Waals surface area (Å²) in [5.74, 6) is -0.379. The maximum atomic E-state index is 12.8. The molecule has 4 rings (SSSR count). The quantitative estimate of drug-likeness (QED) is 0.467. The van der Waals surface area contributed by atoms with Crippen LogP contribution in [0.3, 0.4) is 0 Å². The minimum Gasteiger partial charge on any atom is -0.352 e. The standard InChI is InChI=1S/C28H31N3O2/c1-2-3-17-29-28(33)25-10-6-7-11-26(25)30-27(32)23-14-12-21(13-15-23)19-31-18-16-22-8-4-5-9-24(22)20-31/h4-15H,2-3,16-20H2,1H3,(H,29,33)(H,30,32)/p+1. The molecule has 5 nitrogen and oxygen atoms in total. The summed E-state index contributed by atoms with van der Waals surface area (Å²) in [5.41, 5.74) is 5.71. The van der Waals surface area contributed by atoms with Crippen molar-refractivity contribution in [2.24, 2.45) is 0 Å². The van der Waals surface area contributed by atoms with Gasteiger partial charge in [0, 0.05) is 29.7 Å². The number of hydrogen-bond acceptors (Lipinski definition) is 2. The van der Waals surface area contributed by atoms with E-state index < -0.39 is 0 Å². The van der Waals surface area contributed by atoms with E-state index in [-0.39, 0.29) is 11.8 Å². The minimum atomic E-state index is -0.213. The fraction of sp³-hybridized carbons (Fsp3) is 0.286. The summed E-state index contributed by atoms with van der Waals surface area (Å²) in [6.07, 6.45) is 3.05. The van der Waals surface area contributed by atoms with Crippen molar-refractivity contribution in [1.29, 1.82) is 0 Å². The second-order valence-corrected chi connectivity index (χ2v) is 8.68. The van der Waals surface area contributed by atoms with E-state index in [9.17, 15) is 9.59 Å². The molecule has 2 amide bonds. The smallest absolute Gasteiger partial charge is 0.255 e. The highest BCUT2D eigenvalue weighted by molar-refractivity contribution is 6.09. The predicted octanol–water partition coefficient (Wildman–Crippen LogP) is 3.61. The number of para-hydroxylation sites is 1. The third-order valence-electron chi connectivity index (χ3n) is 6.21. The van der Waals surface area contributed by atoms with Gasteiger partial charge in [-0.15, -0.1) is 0 Å². The number of nitrogens with one attached hydrogen (secondary N) is 3. The van der Waals surface area contributed by atoms with E-state index in [1.54, 1.807) is 18.2 Å². The summed E-state index contributed by atoms with van der Waals surface area (Å²) in [7, 11) is 0. The van der Waals surface area contributed by atoms with Crippen LogP contribution in [-0.2, 0) is 19.5 Å². The fourth-order valence-corrected chi connectivity index (χ4v) is 4.32. The fourth-order valence-electron chi connectivity index (χ4n) is 4.32. The molecule has 0 radical (unpaired) electrons. The molecule has 1 aliphatic rings. The Labute approximate surface area is 195 Å². The van der Waals surface area contributed by atoms with Crippen molar-refractivity contribution in [1.82, 2.24) is 5.32 Å². The first-order valence-corrected chi connectivity index (χ1v) is 11.8. The third-order valence-corrected chi connectivity index (χ3v) is 6.21. The maximum Gasteiger partial charge on any atom is 0.255 e. The second kappa shape index (κ2) is 10.9. The number of hydrogen-bond donors (Lipinski definition) is 3. The number of quaternary nitrogens is 1. The van der Waals surface area contributed by atoms with E-state index in [0.717, 1.165) is 38.9 Å². The van der Waals surface area contributed by atoms with Crippen LogP contribution < -0.4 is 15.5 Å². The molecule has 0 aliphatic carbocycles. The molecule has 1 heterocycles. The Bertz CT molecular complexity index is 1110. The first-order chi connectivity index (χ1) is 16.1. The molecule has 0 spiro atoms. The van der Waals surface area contributed by atoms with E-state index in [1.807, 2.05) is 30.3 Å². The first kappa shape index (κ1) is 22.7. The van der Waals surface area contributed by atoms with Gasteiger partial charge in [-0.05, 0) is 36.2 Å². The van der Waals surface area contributed by atoms with E-state index >= 15 is 0 Å². The Kier molecular flexibility index (Phi) is 7.53. The Balaban J connectivity index is 1.37. The Morgan fingerprint density at radius 3 is 2.39 bits per heavy atom. The van der Waals surface area contributed by atoms with E-state index in [0.29, 0.717) is 23.4 Å². The van der Waals surface area contributed by atoms with Gasteiger partial charge in [-0.2, -0.15) is 0 Å². The molecule has 170 valence electrons. The highest BCUT2D eigenvalue weighted by atomic mass is 16.2. The van der Waals surface area contributed by atoms with Crippen LogP contribution in [0.25, 0.3) is 0 Å². The van der Waals surface area contributed by atoms with Gasteiger partial charge in [-0.3, -0.25) is 9.59 Å². The third kappa shape index (κ3) is 5.88. The van der Waals surface area contributed by atoms with Crippen molar-refractivity contribution in [2.45, 2.75) is 39.3 Å². The van der Waals surface area contributed by atoms with E-state index in [2.05, 4.69) is 41.8 Å². The number of unbranched alkanes of at least 4 members (excludes halogenated alkanes) is 1. The average Bonchev–Trinajstić information content (AvgIpc) is 2.85. The molecule has 3 N–H and O–H groups in total. The molecule has 0 saturated heterocycles. The summed E-state index contributed by atoms with van der Waals surface area (Å²) in [6, 6.07) is 23.6. The lowest BCUT2D eigenvalue weighted by Crippen LogP contribution is -3.10. The van der Waals surface area contributed by atoms with Crippen molar-refractivity contribution in [3.8, 4) is 0 Å². The number of amides is 2. The Morgan fingerprint density at radius 1 is 0.879 bits per heavy atom. The maximum absolute atomic E-state index is 12.8. The highest BCUT2D eigenvalue weighted by Crippen LogP contribution is 2.17. The molecule has 3 aromatic rings. The van der Waals surface area contributed by atoms with Crippen LogP contribution in [0.4, 0.5) is 5.69 Å². The largest absolute Gasteiger partial charge is 0.352 e. The number of fused-ring (bicyclic) bond motifs is 1. The molecule has 5 heteroatoms. The predicted molar refractivity (Wildman–Crippen MR) is 131 cm³/mol. The summed E-state index contributed by atoms with van der Waals surface area (Å²) in [4.78, 5) is 26.9. The van der Waals surface area contributed by atoms with Gasteiger partial charge < -0.3 is 15.5 Å². The van der Waals surface area contributed by atoms with E-state index in [1.165, 1.54) is 21.6 Å². The normalized spacial score (nSPS) is 14.9. The van der Waals surface area contributed by atoms with Crippen LogP contribution in [0.5, 0.6) is 0 Å². The Morgan fingerprint density at radius 2 is 1.61 bits per heavy atom. The molecule has 0 bridgehead atoms. The van der Waals surface area contributed by atoms with Crippen LogP contribution >= 0.6 is 0 Å². The van der Waals surface area contributed by atoms with Crippen molar-refractivity contribution in [3.63, 3.8) is 0 Å². The van der Waals surface area contributed by atoms with Crippen molar-refractivity contribution < 1.29 is 14.5 Å². The zero-order valence-corrected chi connectivity index (χ0v) is 19.2. The summed E-state index contributed by atoms with van der Waals surface area (Å²) in [6.45, 7) is 5.81. The van der Waals surface area contributed by atoms with Gasteiger partial charge in [-0.1, -0.05) is 61.9 Å². The molecule has 1 unspecified atom stereocenters. The first-order valence-electron chi connectivity index (χ1n) is 11.8. The number of carbonyl (C=O) groups excluding carboxylic acids is 2. The molecular weight excluding hydrogens is 410 g/mol. The second-order valence-electron chi connectivity index (χ2n) is 8.68. The minimum absolute atomic E-state index is 0.166. The molecule has 0 saturated carbocycles. The summed E-state index contributed by atoms with van der Waals surface area (Å²) in [5, 5.41) is 5.82. The lowest BCUT2D eigenvalue weighted by molar-refractivity contribution is -0.929. The van der Waals surface area contributed by atoms with Gasteiger partial charge in [0.1, 0.15) is 13.1 Å². The molecule has 33 heavy (non-hydrogen) atoms. The lowest BCUT2D eigenvalue weighted by atomic mass is 9.99. The molecular formula is C28H32N3O2+. The van der Waals surface area contributed by atoms with E-state index in [4.69, 9.17) is 0 Å². The van der Waals surface area contributed by atoms with Gasteiger partial charge in [-0.25, -0.2) is 0 Å². The lowest BCUT2D eigenvalue weighted by Gasteiger charge is -2.26. The molecule has 1 aliphatic heterocycles. The number of anilines is 1. The van der Waals surface area contributed by atoms with Gasteiger partial charge in [0.05, 0.1) is 17.8 Å². The molecule has 0 fully saturated rings. The van der Waals surface area contributed by atoms with Crippen LogP contribution in [0.15, 0.2) is 72.8 Å². The van der Waals surface area contributed by atoms with Crippen molar-refractivity contribution in [2.75, 3.05) is 18.4 Å².